The van der Waals surface area contributed by atoms with Crippen LogP contribution >= 0.6 is 11.3 Å². The van der Waals surface area contributed by atoms with Crippen LogP contribution in [0.2, 0.25) is 0 Å². The van der Waals surface area contributed by atoms with E-state index in [-0.39, 0.29) is 29.7 Å². The Hall–Kier alpha value is -3.55. The number of benzene rings is 1. The number of thiazole rings is 1. The van der Waals surface area contributed by atoms with Gasteiger partial charge in [-0.25, -0.2) is 13.8 Å². The predicted octanol–water partition coefficient (Wildman–Crippen LogP) is 4.82. The Bertz CT molecular complexity index is 1340. The molecule has 3 aromatic rings. The van der Waals surface area contributed by atoms with Crippen molar-refractivity contribution in [3.05, 3.63) is 63.2 Å². The van der Waals surface area contributed by atoms with Crippen LogP contribution in [0.4, 0.5) is 22.0 Å². The molecular formula is C24H22F5N5O3S. The summed E-state index contributed by atoms with van der Waals surface area (Å²) in [6.07, 6.45) is -3.95. The Morgan fingerprint density at radius 3 is 2.58 bits per heavy atom. The summed E-state index contributed by atoms with van der Waals surface area (Å²) in [7, 11) is 1.15. The van der Waals surface area contributed by atoms with Gasteiger partial charge >= 0.3 is 6.18 Å². The SMILES string of the molecule is Cn1nc(OCC(=O)N2CCC(c3nc(C4=NOC(c5c(F)cccc5F)C4)cs3)CC2)cc1C(F)(F)F. The Balaban J connectivity index is 1.13. The molecule has 1 atom stereocenters. The van der Waals surface area contributed by atoms with Gasteiger partial charge in [0.25, 0.3) is 5.91 Å². The fraction of sp³-hybridized carbons (Fsp3) is 0.417. The standard InChI is InChI=1S/C24H22F5N5O3S/c1-33-19(24(27,28)29)10-20(31-33)36-11-21(35)34-7-5-13(6-8-34)23-30-17(12-38-23)16-9-18(37-32-16)22-14(25)3-2-4-15(22)26/h2-4,10,12-13,18H,5-9,11H2,1H3. The van der Waals surface area contributed by atoms with Crippen LogP contribution in [0, 0.1) is 11.6 Å². The highest BCUT2D eigenvalue weighted by atomic mass is 32.1. The fourth-order valence-corrected chi connectivity index (χ4v) is 5.49. The molecule has 202 valence electrons. The molecule has 14 heteroatoms. The molecule has 1 amide bonds. The number of likely N-dealkylation sites (tertiary alicyclic amines) is 1. The number of oxime groups is 1. The highest BCUT2D eigenvalue weighted by Gasteiger charge is 2.36. The average Bonchev–Trinajstić information content (AvgIpc) is 3.62. The highest BCUT2D eigenvalue weighted by molar-refractivity contribution is 7.10. The lowest BCUT2D eigenvalue weighted by atomic mass is 9.97. The van der Waals surface area contributed by atoms with E-state index in [4.69, 9.17) is 9.57 Å². The van der Waals surface area contributed by atoms with Crippen molar-refractivity contribution < 1.29 is 36.3 Å². The molecule has 38 heavy (non-hydrogen) atoms. The minimum Gasteiger partial charge on any atom is -0.466 e. The smallest absolute Gasteiger partial charge is 0.433 e. The van der Waals surface area contributed by atoms with Crippen LogP contribution < -0.4 is 4.74 Å². The first kappa shape index (κ1) is 26.1. The lowest BCUT2D eigenvalue weighted by molar-refractivity contribution is -0.143. The van der Waals surface area contributed by atoms with E-state index in [1.165, 1.54) is 29.5 Å². The van der Waals surface area contributed by atoms with Crippen molar-refractivity contribution in [2.24, 2.45) is 12.2 Å². The minimum atomic E-state index is -4.57. The van der Waals surface area contributed by atoms with E-state index in [0.717, 1.165) is 18.1 Å². The number of nitrogens with zero attached hydrogens (tertiary/aromatic N) is 5. The van der Waals surface area contributed by atoms with Crippen LogP contribution in [0.15, 0.2) is 34.8 Å². The first-order chi connectivity index (χ1) is 18.1. The van der Waals surface area contributed by atoms with Crippen molar-refractivity contribution in [1.29, 1.82) is 0 Å². The zero-order valence-electron chi connectivity index (χ0n) is 20.0. The highest BCUT2D eigenvalue weighted by Crippen LogP contribution is 2.35. The molecule has 2 aromatic heterocycles. The first-order valence-electron chi connectivity index (χ1n) is 11.7. The van der Waals surface area contributed by atoms with Gasteiger partial charge in [0.05, 0.1) is 16.3 Å². The topological polar surface area (TPSA) is 81.8 Å². The van der Waals surface area contributed by atoms with Gasteiger partial charge in [-0.1, -0.05) is 11.2 Å². The van der Waals surface area contributed by atoms with Crippen molar-refractivity contribution in [2.45, 2.75) is 37.5 Å². The molecule has 2 aliphatic heterocycles. The predicted molar refractivity (Wildman–Crippen MR) is 126 cm³/mol. The fourth-order valence-electron chi connectivity index (χ4n) is 4.49. The van der Waals surface area contributed by atoms with Crippen molar-refractivity contribution >= 4 is 23.0 Å². The maximum Gasteiger partial charge on any atom is 0.433 e. The van der Waals surface area contributed by atoms with Gasteiger partial charge in [0, 0.05) is 43.9 Å². The van der Waals surface area contributed by atoms with Gasteiger partial charge in [-0.05, 0) is 25.0 Å². The van der Waals surface area contributed by atoms with Gasteiger partial charge in [0.1, 0.15) is 23.0 Å². The number of aryl methyl sites for hydroxylation is 1. The van der Waals surface area contributed by atoms with E-state index in [9.17, 15) is 26.7 Å². The van der Waals surface area contributed by atoms with E-state index in [1.54, 1.807) is 4.90 Å². The quantitative estimate of drug-likeness (QED) is 0.408. The molecule has 0 aliphatic carbocycles. The lowest BCUT2D eigenvalue weighted by Gasteiger charge is -2.31. The summed E-state index contributed by atoms with van der Waals surface area (Å²) in [4.78, 5) is 24.1. The Morgan fingerprint density at radius 1 is 1.21 bits per heavy atom. The lowest BCUT2D eigenvalue weighted by Crippen LogP contribution is -2.40. The number of hydrogen-bond acceptors (Lipinski definition) is 7. The molecule has 0 saturated carbocycles. The van der Waals surface area contributed by atoms with E-state index >= 15 is 0 Å². The third-order valence-corrected chi connectivity index (χ3v) is 7.50. The third-order valence-electron chi connectivity index (χ3n) is 6.50. The number of ether oxygens (including phenoxy) is 1. The molecule has 1 aromatic carbocycles. The van der Waals surface area contributed by atoms with Gasteiger partial charge < -0.3 is 14.5 Å². The van der Waals surface area contributed by atoms with Crippen LogP contribution in [0.1, 0.15) is 53.2 Å². The summed E-state index contributed by atoms with van der Waals surface area (Å²) in [6.45, 7) is 0.469. The van der Waals surface area contributed by atoms with Crippen molar-refractivity contribution in [3.8, 4) is 5.88 Å². The Labute approximate surface area is 217 Å². The number of halogens is 5. The monoisotopic (exact) mass is 555 g/mol. The van der Waals surface area contributed by atoms with E-state index in [1.807, 2.05) is 5.38 Å². The number of amides is 1. The number of alkyl halides is 3. The van der Waals surface area contributed by atoms with Gasteiger partial charge in [0.15, 0.2) is 12.7 Å². The first-order valence-corrected chi connectivity index (χ1v) is 12.6. The Kier molecular flexibility index (Phi) is 7.07. The second kappa shape index (κ2) is 10.3. The van der Waals surface area contributed by atoms with Crippen molar-refractivity contribution in [3.63, 3.8) is 0 Å². The molecular weight excluding hydrogens is 533 g/mol. The summed E-state index contributed by atoms with van der Waals surface area (Å²) in [5.41, 5.74) is -0.0296. The van der Waals surface area contributed by atoms with Crippen LogP contribution in [0.3, 0.4) is 0 Å². The zero-order chi connectivity index (χ0) is 27.0. The maximum atomic E-state index is 14.1. The summed E-state index contributed by atoms with van der Waals surface area (Å²) in [5, 5.41) is 10.3. The molecule has 1 fully saturated rings. The minimum absolute atomic E-state index is 0.103. The molecule has 0 bridgehead atoms. The Morgan fingerprint density at radius 2 is 1.92 bits per heavy atom. The molecule has 1 saturated heterocycles. The second-order valence-corrected chi connectivity index (χ2v) is 9.87. The molecule has 4 heterocycles. The molecule has 8 nitrogen and oxygen atoms in total. The average molecular weight is 556 g/mol. The molecule has 0 spiro atoms. The van der Waals surface area contributed by atoms with E-state index in [0.29, 0.717) is 42.0 Å². The molecule has 0 radical (unpaired) electrons. The number of piperidine rings is 1. The number of aromatic nitrogens is 3. The second-order valence-electron chi connectivity index (χ2n) is 8.98. The molecule has 2 aliphatic rings. The molecule has 0 N–H and O–H groups in total. The molecule has 5 rings (SSSR count). The largest absolute Gasteiger partial charge is 0.466 e. The van der Waals surface area contributed by atoms with Crippen LogP contribution in [-0.2, 0) is 22.9 Å². The number of carbonyl (C=O) groups excluding carboxylic acids is 1. The van der Waals surface area contributed by atoms with Crippen molar-refractivity contribution in [1.82, 2.24) is 19.7 Å². The number of carbonyl (C=O) groups is 1. The molecule has 1 unspecified atom stereocenters. The van der Waals surface area contributed by atoms with Crippen molar-refractivity contribution in [2.75, 3.05) is 19.7 Å². The summed E-state index contributed by atoms with van der Waals surface area (Å²) in [6, 6.07) is 4.39. The normalized spacial score (nSPS) is 18.4. The van der Waals surface area contributed by atoms with Gasteiger partial charge in [0.2, 0.25) is 5.88 Å². The van der Waals surface area contributed by atoms with E-state index in [2.05, 4.69) is 15.2 Å². The third kappa shape index (κ3) is 5.35. The summed E-state index contributed by atoms with van der Waals surface area (Å²) < 4.78 is 72.7. The van der Waals surface area contributed by atoms with E-state index < -0.39 is 36.2 Å². The van der Waals surface area contributed by atoms with Gasteiger partial charge in [-0.3, -0.25) is 9.48 Å². The summed E-state index contributed by atoms with van der Waals surface area (Å²) in [5.74, 6) is -1.89. The summed E-state index contributed by atoms with van der Waals surface area (Å²) >= 11 is 1.44. The van der Waals surface area contributed by atoms with Gasteiger partial charge in [-0.15, -0.1) is 16.4 Å². The maximum absolute atomic E-state index is 14.1. The van der Waals surface area contributed by atoms with Crippen LogP contribution in [0.5, 0.6) is 5.88 Å². The van der Waals surface area contributed by atoms with Gasteiger partial charge in [-0.2, -0.15) is 13.2 Å². The zero-order valence-corrected chi connectivity index (χ0v) is 20.9. The number of hydrogen-bond donors (Lipinski definition) is 0. The van der Waals surface area contributed by atoms with Crippen LogP contribution in [-0.4, -0.2) is 51.0 Å². The number of rotatable bonds is 6. The van der Waals surface area contributed by atoms with Crippen LogP contribution in [0.25, 0.3) is 0 Å².